The summed E-state index contributed by atoms with van der Waals surface area (Å²) in [5, 5.41) is 0. The number of nitrogens with zero attached hydrogens (tertiary/aromatic N) is 1. The first kappa shape index (κ1) is 31.3. The van der Waals surface area contributed by atoms with Crippen molar-refractivity contribution in [3.63, 3.8) is 0 Å². The molecule has 2 aliphatic rings. The van der Waals surface area contributed by atoms with Crippen LogP contribution in [0.5, 0.6) is 0 Å². The van der Waals surface area contributed by atoms with E-state index in [-0.39, 0.29) is 10.8 Å². The molecule has 0 saturated carbocycles. The van der Waals surface area contributed by atoms with Crippen LogP contribution in [0.15, 0.2) is 152 Å². The molecule has 0 spiro atoms. The van der Waals surface area contributed by atoms with Crippen LogP contribution in [-0.2, 0) is 10.8 Å². The van der Waals surface area contributed by atoms with Gasteiger partial charge in [-0.05, 0) is 129 Å². The maximum atomic E-state index is 2.47. The van der Waals surface area contributed by atoms with Gasteiger partial charge in [0, 0.05) is 27.9 Å². The third-order valence-corrected chi connectivity index (χ3v) is 11.6. The van der Waals surface area contributed by atoms with E-state index in [2.05, 4.69) is 198 Å². The molecule has 0 heterocycles. The molecule has 1 nitrogen and oxygen atoms in total. The second-order valence-corrected chi connectivity index (χ2v) is 15.6. The molecule has 0 aromatic heterocycles. The Morgan fingerprint density at radius 1 is 0.333 bits per heavy atom. The van der Waals surface area contributed by atoms with Gasteiger partial charge < -0.3 is 4.90 Å². The predicted molar refractivity (Wildman–Crippen MR) is 217 cm³/mol. The third-order valence-electron chi connectivity index (χ3n) is 11.6. The lowest BCUT2D eigenvalue weighted by atomic mass is 9.80. The second kappa shape index (κ2) is 11.4. The van der Waals surface area contributed by atoms with Gasteiger partial charge in [0.1, 0.15) is 0 Å². The van der Waals surface area contributed by atoms with Crippen LogP contribution in [0.25, 0.3) is 44.5 Å². The number of rotatable bonds is 5. The van der Waals surface area contributed by atoms with Crippen molar-refractivity contribution in [1.82, 2.24) is 0 Å². The van der Waals surface area contributed by atoms with Crippen LogP contribution in [0.4, 0.5) is 17.1 Å². The smallest absolute Gasteiger partial charge is 0.0468 e. The Kier molecular flexibility index (Phi) is 7.03. The van der Waals surface area contributed by atoms with Gasteiger partial charge in [0.25, 0.3) is 0 Å². The van der Waals surface area contributed by atoms with Gasteiger partial charge in [-0.15, -0.1) is 0 Å². The Morgan fingerprint density at radius 3 is 1.22 bits per heavy atom. The molecule has 2 aliphatic carbocycles. The Morgan fingerprint density at radius 2 is 0.725 bits per heavy atom. The molecular weight excluding hydrogens is 615 g/mol. The molecule has 0 amide bonds. The molecule has 9 rings (SSSR count). The normalized spacial score (nSPS) is 14.4. The quantitative estimate of drug-likeness (QED) is 0.178. The van der Waals surface area contributed by atoms with Crippen molar-refractivity contribution in [2.45, 2.75) is 52.4 Å². The van der Waals surface area contributed by atoms with Crippen molar-refractivity contribution in [3.8, 4) is 44.5 Å². The third kappa shape index (κ3) is 4.90. The molecule has 0 bridgehead atoms. The summed E-state index contributed by atoms with van der Waals surface area (Å²) >= 11 is 0. The highest BCUT2D eigenvalue weighted by atomic mass is 15.1. The van der Waals surface area contributed by atoms with Crippen LogP contribution >= 0.6 is 0 Å². The topological polar surface area (TPSA) is 3.24 Å². The van der Waals surface area contributed by atoms with E-state index in [1.165, 1.54) is 77.9 Å². The SMILES string of the molecule is Cc1ccc(N(c2ccc(C)cc2)c2ccc(-c3ccc4c(c3)C(C)(C)c3ccccc3-4)c(-c3ccc4c(c3)C(C)(C)c3ccccc3-4)c2)cc1. The molecule has 1 heteroatoms. The van der Waals surface area contributed by atoms with Crippen molar-refractivity contribution in [3.05, 3.63) is 185 Å². The van der Waals surface area contributed by atoms with Gasteiger partial charge in [-0.1, -0.05) is 142 Å². The summed E-state index contributed by atoms with van der Waals surface area (Å²) in [6.45, 7) is 13.8. The van der Waals surface area contributed by atoms with E-state index < -0.39 is 0 Å². The second-order valence-electron chi connectivity index (χ2n) is 15.6. The van der Waals surface area contributed by atoms with Crippen molar-refractivity contribution >= 4 is 17.1 Å². The van der Waals surface area contributed by atoms with E-state index in [1.807, 2.05) is 0 Å². The van der Waals surface area contributed by atoms with E-state index in [4.69, 9.17) is 0 Å². The highest BCUT2D eigenvalue weighted by molar-refractivity contribution is 5.93. The average Bonchev–Trinajstić information content (AvgIpc) is 3.52. The minimum atomic E-state index is -0.0844. The molecule has 248 valence electrons. The van der Waals surface area contributed by atoms with E-state index in [0.29, 0.717) is 0 Å². The van der Waals surface area contributed by atoms with Gasteiger partial charge in [0.15, 0.2) is 0 Å². The average molecular weight is 658 g/mol. The van der Waals surface area contributed by atoms with E-state index in [9.17, 15) is 0 Å². The molecule has 0 radical (unpaired) electrons. The highest BCUT2D eigenvalue weighted by Gasteiger charge is 2.37. The fourth-order valence-corrected chi connectivity index (χ4v) is 8.74. The maximum absolute atomic E-state index is 2.47. The summed E-state index contributed by atoms with van der Waals surface area (Å²) in [6, 6.07) is 57.0. The Balaban J connectivity index is 1.26. The van der Waals surface area contributed by atoms with Gasteiger partial charge in [-0.25, -0.2) is 0 Å². The fourth-order valence-electron chi connectivity index (χ4n) is 8.74. The van der Waals surface area contributed by atoms with Gasteiger partial charge in [-0.3, -0.25) is 0 Å². The molecule has 7 aromatic rings. The first-order valence-corrected chi connectivity index (χ1v) is 18.2. The monoisotopic (exact) mass is 657 g/mol. The minimum absolute atomic E-state index is 0.0703. The zero-order valence-electron chi connectivity index (χ0n) is 30.4. The molecule has 51 heavy (non-hydrogen) atoms. The fraction of sp³-hybridized carbons (Fsp3) is 0.160. The lowest BCUT2D eigenvalue weighted by Gasteiger charge is -2.27. The van der Waals surface area contributed by atoms with Gasteiger partial charge >= 0.3 is 0 Å². The van der Waals surface area contributed by atoms with Crippen LogP contribution in [0.1, 0.15) is 61.1 Å². The van der Waals surface area contributed by atoms with Crippen LogP contribution < -0.4 is 4.90 Å². The summed E-state index contributed by atoms with van der Waals surface area (Å²) < 4.78 is 0. The van der Waals surface area contributed by atoms with Crippen molar-refractivity contribution in [2.75, 3.05) is 4.90 Å². The number of benzene rings is 7. The van der Waals surface area contributed by atoms with Crippen LogP contribution in [0.2, 0.25) is 0 Å². The van der Waals surface area contributed by atoms with Gasteiger partial charge in [-0.2, -0.15) is 0 Å². The molecule has 7 aromatic carbocycles. The zero-order chi connectivity index (χ0) is 35.1. The maximum Gasteiger partial charge on any atom is 0.0468 e. The Hall–Kier alpha value is -5.66. The van der Waals surface area contributed by atoms with E-state index >= 15 is 0 Å². The lowest BCUT2D eigenvalue weighted by molar-refractivity contribution is 0.660. The standard InChI is InChI=1S/C50H43N/c1-32-15-21-36(22-16-32)51(37-23-17-33(2)18-24-37)38-25-28-39(34-19-26-42-40-11-7-9-13-45(40)49(3,4)47(42)29-34)44(31-38)35-20-27-43-41-12-8-10-14-46(41)50(5,6)48(43)30-35/h7-31H,1-6H3. The zero-order valence-corrected chi connectivity index (χ0v) is 30.4. The minimum Gasteiger partial charge on any atom is -0.310 e. The predicted octanol–water partition coefficient (Wildman–Crippen LogP) is 13.7. The molecule has 0 fully saturated rings. The Bertz CT molecular complexity index is 2430. The molecule has 0 aliphatic heterocycles. The highest BCUT2D eigenvalue weighted by Crippen LogP contribution is 2.52. The number of anilines is 3. The largest absolute Gasteiger partial charge is 0.310 e. The first-order valence-electron chi connectivity index (χ1n) is 18.2. The number of fused-ring (bicyclic) bond motifs is 6. The summed E-state index contributed by atoms with van der Waals surface area (Å²) in [7, 11) is 0. The molecule has 0 saturated heterocycles. The van der Waals surface area contributed by atoms with Crippen molar-refractivity contribution < 1.29 is 0 Å². The van der Waals surface area contributed by atoms with Gasteiger partial charge in [0.2, 0.25) is 0 Å². The summed E-state index contributed by atoms with van der Waals surface area (Å²) in [4.78, 5) is 2.39. The summed E-state index contributed by atoms with van der Waals surface area (Å²) in [5.41, 5.74) is 21.7. The number of aryl methyl sites for hydroxylation is 2. The van der Waals surface area contributed by atoms with E-state index in [0.717, 1.165) is 17.1 Å². The van der Waals surface area contributed by atoms with Crippen LogP contribution in [0.3, 0.4) is 0 Å². The summed E-state index contributed by atoms with van der Waals surface area (Å²) in [5.74, 6) is 0. The first-order chi connectivity index (χ1) is 24.6. The molecule has 0 unspecified atom stereocenters. The van der Waals surface area contributed by atoms with Crippen molar-refractivity contribution in [2.24, 2.45) is 0 Å². The van der Waals surface area contributed by atoms with Crippen LogP contribution in [0, 0.1) is 13.8 Å². The molecule has 0 N–H and O–H groups in total. The number of hydrogen-bond donors (Lipinski definition) is 0. The lowest BCUT2D eigenvalue weighted by Crippen LogP contribution is -2.15. The molecule has 0 atom stereocenters. The van der Waals surface area contributed by atoms with Gasteiger partial charge in [0.05, 0.1) is 0 Å². The molecular formula is C50H43N. The van der Waals surface area contributed by atoms with Crippen molar-refractivity contribution in [1.29, 1.82) is 0 Å². The summed E-state index contributed by atoms with van der Waals surface area (Å²) in [6.07, 6.45) is 0. The van der Waals surface area contributed by atoms with E-state index in [1.54, 1.807) is 0 Å². The Labute approximate surface area is 302 Å². The number of hydrogen-bond acceptors (Lipinski definition) is 1. The van der Waals surface area contributed by atoms with Crippen LogP contribution in [-0.4, -0.2) is 0 Å².